The first-order valence-electron chi connectivity index (χ1n) is 8.29. The Kier molecular flexibility index (Phi) is 3.51. The Hall–Kier alpha value is -2.77. The van der Waals surface area contributed by atoms with Crippen LogP contribution in [0.5, 0.6) is 0 Å². The highest BCUT2D eigenvalue weighted by molar-refractivity contribution is 6.30. The maximum atomic E-state index is 6.04. The number of aromatic nitrogens is 6. The van der Waals surface area contributed by atoms with E-state index in [1.165, 1.54) is 0 Å². The minimum Gasteiger partial charge on any atom is -0.371 e. The SMILES string of the molecule is Cc1n[nH]c2ncc(-c3nnc4n3C(c3ccc(Cl)cc3)COC4)cc12. The normalized spacial score (nSPS) is 16.8. The molecule has 1 aliphatic rings. The topological polar surface area (TPSA) is 81.5 Å². The predicted octanol–water partition coefficient (Wildman–Crippen LogP) is 3.30. The monoisotopic (exact) mass is 366 g/mol. The summed E-state index contributed by atoms with van der Waals surface area (Å²) in [5.41, 5.74) is 3.68. The van der Waals surface area contributed by atoms with Crippen molar-refractivity contribution in [2.75, 3.05) is 6.61 Å². The van der Waals surface area contributed by atoms with Gasteiger partial charge < -0.3 is 4.74 Å². The standard InChI is InChI=1S/C18H15ClN6O/c1-10-14-6-12(7-20-17(14)23-21-10)18-24-22-16-9-26-8-15(25(16)18)11-2-4-13(19)5-3-11/h2-7,15H,8-9H2,1H3,(H,20,21,23). The van der Waals surface area contributed by atoms with Crippen molar-refractivity contribution in [1.82, 2.24) is 29.9 Å². The van der Waals surface area contributed by atoms with Gasteiger partial charge in [0.05, 0.1) is 18.3 Å². The molecule has 5 rings (SSSR count). The lowest BCUT2D eigenvalue weighted by atomic mass is 10.1. The number of fused-ring (bicyclic) bond motifs is 2. The highest BCUT2D eigenvalue weighted by Crippen LogP contribution is 2.32. The van der Waals surface area contributed by atoms with Crippen molar-refractivity contribution in [3.05, 3.63) is 58.6 Å². The van der Waals surface area contributed by atoms with Crippen LogP contribution in [-0.2, 0) is 11.3 Å². The fourth-order valence-corrected chi connectivity index (χ4v) is 3.49. The molecule has 4 heterocycles. The fourth-order valence-electron chi connectivity index (χ4n) is 3.36. The van der Waals surface area contributed by atoms with Crippen LogP contribution in [0.15, 0.2) is 36.5 Å². The van der Waals surface area contributed by atoms with Crippen LogP contribution in [0.4, 0.5) is 0 Å². The summed E-state index contributed by atoms with van der Waals surface area (Å²) in [6.45, 7) is 2.95. The third-order valence-electron chi connectivity index (χ3n) is 4.70. The Morgan fingerprint density at radius 2 is 2.08 bits per heavy atom. The van der Waals surface area contributed by atoms with Gasteiger partial charge in [-0.1, -0.05) is 23.7 Å². The summed E-state index contributed by atoms with van der Waals surface area (Å²) in [6, 6.07) is 9.83. The largest absolute Gasteiger partial charge is 0.371 e. The zero-order chi connectivity index (χ0) is 17.7. The molecule has 0 saturated carbocycles. The first-order valence-corrected chi connectivity index (χ1v) is 8.66. The van der Waals surface area contributed by atoms with Crippen LogP contribution >= 0.6 is 11.6 Å². The Labute approximate surface area is 154 Å². The summed E-state index contributed by atoms with van der Waals surface area (Å²) < 4.78 is 7.86. The Balaban J connectivity index is 1.66. The second kappa shape index (κ2) is 5.89. The molecule has 8 heteroatoms. The van der Waals surface area contributed by atoms with E-state index in [1.807, 2.05) is 37.3 Å². The number of nitrogens with one attached hydrogen (secondary N) is 1. The lowest BCUT2D eigenvalue weighted by Gasteiger charge is -2.26. The molecule has 0 aliphatic carbocycles. The molecule has 0 spiro atoms. The van der Waals surface area contributed by atoms with Gasteiger partial charge in [0, 0.05) is 22.2 Å². The number of benzene rings is 1. The number of hydrogen-bond donors (Lipinski definition) is 1. The summed E-state index contributed by atoms with van der Waals surface area (Å²) in [6.07, 6.45) is 1.80. The van der Waals surface area contributed by atoms with E-state index < -0.39 is 0 Å². The molecule has 130 valence electrons. The van der Waals surface area contributed by atoms with E-state index in [-0.39, 0.29) is 6.04 Å². The molecule has 0 amide bonds. The van der Waals surface area contributed by atoms with Crippen LogP contribution in [0.25, 0.3) is 22.4 Å². The zero-order valence-corrected chi connectivity index (χ0v) is 14.7. The molecule has 1 unspecified atom stereocenters. The molecule has 0 saturated heterocycles. The second-order valence-electron chi connectivity index (χ2n) is 6.32. The van der Waals surface area contributed by atoms with Gasteiger partial charge in [-0.25, -0.2) is 4.98 Å². The lowest BCUT2D eigenvalue weighted by molar-refractivity contribution is 0.0668. The minimum absolute atomic E-state index is 0.0119. The van der Waals surface area contributed by atoms with E-state index in [0.717, 1.165) is 39.5 Å². The van der Waals surface area contributed by atoms with Gasteiger partial charge in [0.15, 0.2) is 17.3 Å². The van der Waals surface area contributed by atoms with E-state index in [1.54, 1.807) is 6.20 Å². The first-order chi connectivity index (χ1) is 12.7. The van der Waals surface area contributed by atoms with E-state index in [4.69, 9.17) is 16.3 Å². The van der Waals surface area contributed by atoms with Gasteiger partial charge in [-0.05, 0) is 30.7 Å². The van der Waals surface area contributed by atoms with Gasteiger partial charge in [-0.15, -0.1) is 10.2 Å². The van der Waals surface area contributed by atoms with Crippen molar-refractivity contribution in [1.29, 1.82) is 0 Å². The Morgan fingerprint density at radius 3 is 2.92 bits per heavy atom. The highest BCUT2D eigenvalue weighted by atomic mass is 35.5. The molecule has 3 aromatic heterocycles. The summed E-state index contributed by atoms with van der Waals surface area (Å²) in [5, 5.41) is 17.6. The number of nitrogens with zero attached hydrogens (tertiary/aromatic N) is 5. The number of aryl methyl sites for hydroxylation is 1. The van der Waals surface area contributed by atoms with E-state index in [2.05, 4.69) is 29.9 Å². The smallest absolute Gasteiger partial charge is 0.166 e. The van der Waals surface area contributed by atoms with Crippen LogP contribution in [-0.4, -0.2) is 36.6 Å². The molecular formula is C18H15ClN6O. The maximum Gasteiger partial charge on any atom is 0.166 e. The van der Waals surface area contributed by atoms with Crippen molar-refractivity contribution >= 4 is 22.6 Å². The summed E-state index contributed by atoms with van der Waals surface area (Å²) in [5.74, 6) is 1.58. The quantitative estimate of drug-likeness (QED) is 0.588. The van der Waals surface area contributed by atoms with Crippen LogP contribution in [0.3, 0.4) is 0 Å². The van der Waals surface area contributed by atoms with Crippen molar-refractivity contribution in [3.63, 3.8) is 0 Å². The number of hydrogen-bond acceptors (Lipinski definition) is 5. The van der Waals surface area contributed by atoms with E-state index in [0.29, 0.717) is 18.2 Å². The van der Waals surface area contributed by atoms with Crippen molar-refractivity contribution in [2.45, 2.75) is 19.6 Å². The number of rotatable bonds is 2. The predicted molar refractivity (Wildman–Crippen MR) is 96.9 cm³/mol. The molecule has 1 N–H and O–H groups in total. The van der Waals surface area contributed by atoms with Crippen molar-refractivity contribution < 1.29 is 4.74 Å². The van der Waals surface area contributed by atoms with Gasteiger partial charge in [0.2, 0.25) is 0 Å². The fraction of sp³-hybridized carbons (Fsp3) is 0.222. The first kappa shape index (κ1) is 15.5. The second-order valence-corrected chi connectivity index (χ2v) is 6.76. The minimum atomic E-state index is -0.0119. The van der Waals surface area contributed by atoms with Crippen molar-refractivity contribution in [3.8, 4) is 11.4 Å². The van der Waals surface area contributed by atoms with Crippen LogP contribution < -0.4 is 0 Å². The highest BCUT2D eigenvalue weighted by Gasteiger charge is 2.27. The average molecular weight is 367 g/mol. The number of aromatic amines is 1. The molecular weight excluding hydrogens is 352 g/mol. The zero-order valence-electron chi connectivity index (χ0n) is 14.0. The molecule has 1 aromatic carbocycles. The van der Waals surface area contributed by atoms with E-state index >= 15 is 0 Å². The number of ether oxygens (including phenoxy) is 1. The third kappa shape index (κ3) is 2.40. The molecule has 1 aliphatic heterocycles. The summed E-state index contributed by atoms with van der Waals surface area (Å²) in [7, 11) is 0. The Bertz CT molecular complexity index is 1100. The average Bonchev–Trinajstić information content (AvgIpc) is 3.26. The third-order valence-corrected chi connectivity index (χ3v) is 4.96. The Morgan fingerprint density at radius 1 is 1.23 bits per heavy atom. The van der Waals surface area contributed by atoms with Gasteiger partial charge in [0.1, 0.15) is 6.61 Å². The van der Waals surface area contributed by atoms with Gasteiger partial charge in [-0.3, -0.25) is 9.67 Å². The molecule has 0 fully saturated rings. The number of pyridine rings is 1. The molecule has 7 nitrogen and oxygen atoms in total. The van der Waals surface area contributed by atoms with Crippen molar-refractivity contribution in [2.24, 2.45) is 0 Å². The molecule has 0 radical (unpaired) electrons. The summed E-state index contributed by atoms with van der Waals surface area (Å²) in [4.78, 5) is 4.47. The van der Waals surface area contributed by atoms with Crippen LogP contribution in [0.1, 0.15) is 23.1 Å². The molecule has 1 atom stereocenters. The van der Waals surface area contributed by atoms with Crippen LogP contribution in [0.2, 0.25) is 5.02 Å². The maximum absolute atomic E-state index is 6.04. The van der Waals surface area contributed by atoms with Gasteiger partial charge in [0.25, 0.3) is 0 Å². The lowest BCUT2D eigenvalue weighted by Crippen LogP contribution is -2.25. The number of halogens is 1. The van der Waals surface area contributed by atoms with Gasteiger partial charge >= 0.3 is 0 Å². The van der Waals surface area contributed by atoms with Crippen LogP contribution in [0, 0.1) is 6.92 Å². The molecule has 0 bridgehead atoms. The molecule has 4 aromatic rings. The molecule has 26 heavy (non-hydrogen) atoms. The van der Waals surface area contributed by atoms with Gasteiger partial charge in [-0.2, -0.15) is 5.10 Å². The summed E-state index contributed by atoms with van der Waals surface area (Å²) >= 11 is 6.04. The van der Waals surface area contributed by atoms with E-state index in [9.17, 15) is 0 Å². The number of H-pyrrole nitrogens is 1.